The van der Waals surface area contributed by atoms with Gasteiger partial charge in [0.2, 0.25) is 5.69 Å². The summed E-state index contributed by atoms with van der Waals surface area (Å²) in [5, 5.41) is 10.5. The van der Waals surface area contributed by atoms with Crippen LogP contribution in [-0.4, -0.2) is 35.5 Å². The molecule has 0 bridgehead atoms. The van der Waals surface area contributed by atoms with Crippen LogP contribution >= 0.6 is 0 Å². The van der Waals surface area contributed by atoms with E-state index in [-0.39, 0.29) is 5.41 Å². The first-order valence-corrected chi connectivity index (χ1v) is 9.36. The minimum Gasteiger partial charge on any atom is -0.507 e. The first-order chi connectivity index (χ1) is 12.4. The average Bonchev–Trinajstić information content (AvgIpc) is 2.82. The number of hydrogen-bond donors (Lipinski definition) is 1. The van der Waals surface area contributed by atoms with Gasteiger partial charge in [0.05, 0.1) is 5.41 Å². The van der Waals surface area contributed by atoms with E-state index < -0.39 is 0 Å². The van der Waals surface area contributed by atoms with Crippen molar-refractivity contribution >= 4 is 23.2 Å². The predicted molar refractivity (Wildman–Crippen MR) is 111 cm³/mol. The van der Waals surface area contributed by atoms with Gasteiger partial charge in [0.15, 0.2) is 5.71 Å². The lowest BCUT2D eigenvalue weighted by atomic mass is 9.81. The number of nitrogens with zero attached hydrogens (tertiary/aromatic N) is 2. The molecule has 1 heterocycles. The van der Waals surface area contributed by atoms with E-state index in [1.54, 1.807) is 0 Å². The highest BCUT2D eigenvalue weighted by molar-refractivity contribution is 6.05. The maximum absolute atomic E-state index is 10.5. The molecule has 3 nitrogen and oxygen atoms in total. The molecule has 1 aliphatic rings. The standard InChI is InChI=1S/C23H28N2O/c1-6-25(7-2)18-14-12-17(21(26)16-18)13-15-22-23(3,4)19-10-8-9-11-20(19)24(22)5/h8-16H,6-7H2,1-5H3/p+1. The summed E-state index contributed by atoms with van der Waals surface area (Å²) in [6.07, 6.45) is 4.15. The van der Waals surface area contributed by atoms with Crippen LogP contribution in [0, 0.1) is 0 Å². The van der Waals surface area contributed by atoms with Crippen molar-refractivity contribution in [3.8, 4) is 5.75 Å². The number of allylic oxidation sites excluding steroid dienone is 1. The lowest BCUT2D eigenvalue weighted by Gasteiger charge is -2.21. The number of rotatable bonds is 5. The molecule has 2 aromatic carbocycles. The maximum atomic E-state index is 10.5. The predicted octanol–water partition coefficient (Wildman–Crippen LogP) is 4.96. The molecular weight excluding hydrogens is 320 g/mol. The van der Waals surface area contributed by atoms with Crippen molar-refractivity contribution in [3.05, 3.63) is 59.7 Å². The first kappa shape index (κ1) is 18.2. The molecule has 0 radical (unpaired) electrons. The summed E-state index contributed by atoms with van der Waals surface area (Å²) in [6.45, 7) is 10.6. The zero-order valence-electron chi connectivity index (χ0n) is 16.5. The van der Waals surface area contributed by atoms with Crippen molar-refractivity contribution in [3.63, 3.8) is 0 Å². The Morgan fingerprint density at radius 3 is 2.35 bits per heavy atom. The van der Waals surface area contributed by atoms with Gasteiger partial charge in [-0.05, 0) is 45.9 Å². The van der Waals surface area contributed by atoms with Gasteiger partial charge < -0.3 is 10.0 Å². The van der Waals surface area contributed by atoms with E-state index in [0.717, 1.165) is 24.3 Å². The molecule has 0 fully saturated rings. The van der Waals surface area contributed by atoms with Crippen molar-refractivity contribution in [2.24, 2.45) is 0 Å². The van der Waals surface area contributed by atoms with Gasteiger partial charge in [-0.3, -0.25) is 0 Å². The topological polar surface area (TPSA) is 26.5 Å². The Labute approximate surface area is 156 Å². The number of phenols is 1. The number of fused-ring (bicyclic) bond motifs is 1. The number of hydrogen-bond acceptors (Lipinski definition) is 2. The molecule has 136 valence electrons. The van der Waals surface area contributed by atoms with E-state index in [0.29, 0.717) is 5.75 Å². The number of phenolic OH excluding ortho intramolecular Hbond substituents is 1. The molecule has 1 N–H and O–H groups in total. The van der Waals surface area contributed by atoms with E-state index in [9.17, 15) is 5.11 Å². The third-order valence-corrected chi connectivity index (χ3v) is 5.50. The van der Waals surface area contributed by atoms with Gasteiger partial charge in [-0.25, -0.2) is 0 Å². The van der Waals surface area contributed by atoms with Crippen molar-refractivity contribution in [1.29, 1.82) is 0 Å². The number of anilines is 1. The molecule has 26 heavy (non-hydrogen) atoms. The van der Waals surface area contributed by atoms with E-state index in [1.165, 1.54) is 17.0 Å². The summed E-state index contributed by atoms with van der Waals surface area (Å²) >= 11 is 0. The molecule has 0 aromatic heterocycles. The van der Waals surface area contributed by atoms with Crippen LogP contribution in [0.2, 0.25) is 0 Å². The highest BCUT2D eigenvalue weighted by Crippen LogP contribution is 2.39. The van der Waals surface area contributed by atoms with Crippen LogP contribution in [0.3, 0.4) is 0 Å². The van der Waals surface area contributed by atoms with E-state index in [2.05, 4.69) is 80.6 Å². The Hall–Kier alpha value is -2.55. The molecule has 3 heteroatoms. The average molecular weight is 349 g/mol. The number of benzene rings is 2. The Balaban J connectivity index is 1.93. The van der Waals surface area contributed by atoms with Crippen molar-refractivity contribution in [2.75, 3.05) is 25.0 Å². The Morgan fingerprint density at radius 2 is 1.73 bits per heavy atom. The second-order valence-electron chi connectivity index (χ2n) is 7.34. The number of aromatic hydroxyl groups is 1. The molecule has 3 rings (SSSR count). The zero-order valence-corrected chi connectivity index (χ0v) is 16.5. The van der Waals surface area contributed by atoms with Crippen molar-refractivity contribution in [1.82, 2.24) is 0 Å². The normalized spacial score (nSPS) is 15.6. The van der Waals surface area contributed by atoms with Gasteiger partial charge >= 0.3 is 0 Å². The largest absolute Gasteiger partial charge is 0.507 e. The molecule has 0 unspecified atom stereocenters. The van der Waals surface area contributed by atoms with Crippen LogP contribution < -0.4 is 4.90 Å². The Kier molecular flexibility index (Phi) is 4.90. The summed E-state index contributed by atoms with van der Waals surface area (Å²) in [6, 6.07) is 14.5. The lowest BCUT2D eigenvalue weighted by molar-refractivity contribution is -0.401. The van der Waals surface area contributed by atoms with Crippen LogP contribution in [0.4, 0.5) is 11.4 Å². The molecule has 0 atom stereocenters. The molecule has 1 aliphatic heterocycles. The van der Waals surface area contributed by atoms with Gasteiger partial charge in [-0.2, -0.15) is 4.58 Å². The maximum Gasteiger partial charge on any atom is 0.209 e. The van der Waals surface area contributed by atoms with Gasteiger partial charge in [-0.1, -0.05) is 18.2 Å². The fourth-order valence-corrected chi connectivity index (χ4v) is 3.93. The van der Waals surface area contributed by atoms with Gasteiger partial charge in [-0.15, -0.1) is 0 Å². The van der Waals surface area contributed by atoms with Crippen LogP contribution in [0.25, 0.3) is 6.08 Å². The lowest BCUT2D eigenvalue weighted by Crippen LogP contribution is -2.26. The van der Waals surface area contributed by atoms with Crippen LogP contribution in [0.1, 0.15) is 38.8 Å². The summed E-state index contributed by atoms with van der Waals surface area (Å²) < 4.78 is 2.24. The summed E-state index contributed by atoms with van der Waals surface area (Å²) in [7, 11) is 2.11. The smallest absolute Gasteiger partial charge is 0.209 e. The highest BCUT2D eigenvalue weighted by Gasteiger charge is 2.42. The minimum atomic E-state index is -0.0569. The second kappa shape index (κ2) is 6.99. The van der Waals surface area contributed by atoms with Gasteiger partial charge in [0.1, 0.15) is 12.8 Å². The Bertz CT molecular complexity index is 874. The summed E-state index contributed by atoms with van der Waals surface area (Å²) in [4.78, 5) is 2.23. The second-order valence-corrected chi connectivity index (χ2v) is 7.34. The quantitative estimate of drug-likeness (QED) is 0.773. The monoisotopic (exact) mass is 349 g/mol. The Morgan fingerprint density at radius 1 is 1.04 bits per heavy atom. The molecule has 0 aliphatic carbocycles. The van der Waals surface area contributed by atoms with Crippen molar-refractivity contribution < 1.29 is 9.68 Å². The zero-order chi connectivity index (χ0) is 18.9. The fraction of sp³-hybridized carbons (Fsp3) is 0.348. The summed E-state index contributed by atoms with van der Waals surface area (Å²) in [5.41, 5.74) is 5.66. The molecular formula is C23H29N2O+. The third kappa shape index (κ3) is 3.03. The molecule has 0 saturated carbocycles. The van der Waals surface area contributed by atoms with Crippen molar-refractivity contribution in [2.45, 2.75) is 33.1 Å². The molecule has 0 spiro atoms. The fourth-order valence-electron chi connectivity index (χ4n) is 3.93. The SMILES string of the molecule is CCN(CC)c1ccc(/C=C/C2=[N+](C)c3ccccc3C2(C)C)c(O)c1. The third-order valence-electron chi connectivity index (χ3n) is 5.50. The molecule has 0 saturated heterocycles. The highest BCUT2D eigenvalue weighted by atomic mass is 16.3. The molecule has 0 amide bonds. The summed E-state index contributed by atoms with van der Waals surface area (Å²) in [5.74, 6) is 0.322. The van der Waals surface area contributed by atoms with E-state index in [4.69, 9.17) is 0 Å². The van der Waals surface area contributed by atoms with Gasteiger partial charge in [0, 0.05) is 48.1 Å². The van der Waals surface area contributed by atoms with Gasteiger partial charge in [0.25, 0.3) is 0 Å². The number of para-hydroxylation sites is 1. The first-order valence-electron chi connectivity index (χ1n) is 9.36. The van der Waals surface area contributed by atoms with Crippen LogP contribution in [0.5, 0.6) is 5.75 Å². The van der Waals surface area contributed by atoms with E-state index >= 15 is 0 Å². The van der Waals surface area contributed by atoms with Crippen LogP contribution in [-0.2, 0) is 5.41 Å². The minimum absolute atomic E-state index is 0.0569. The van der Waals surface area contributed by atoms with Crippen LogP contribution in [0.15, 0.2) is 48.5 Å². The van der Waals surface area contributed by atoms with E-state index in [1.807, 2.05) is 18.2 Å². The molecule has 2 aromatic rings.